The average Bonchev–Trinajstić information content (AvgIpc) is 3.00. The van der Waals surface area contributed by atoms with E-state index in [2.05, 4.69) is 17.0 Å². The molecule has 1 aromatic rings. The van der Waals surface area contributed by atoms with Crippen molar-refractivity contribution >= 4 is 0 Å². The van der Waals surface area contributed by atoms with Crippen LogP contribution in [0.2, 0.25) is 0 Å². The zero-order chi connectivity index (χ0) is 15.1. The van der Waals surface area contributed by atoms with Crippen molar-refractivity contribution in [2.45, 2.75) is 44.9 Å². The molecule has 1 N–H and O–H groups in total. The number of methoxy groups -OCH3 is 1. The lowest BCUT2D eigenvalue weighted by molar-refractivity contribution is 0.0455. The van der Waals surface area contributed by atoms with Gasteiger partial charge >= 0.3 is 0 Å². The van der Waals surface area contributed by atoms with E-state index in [1.807, 2.05) is 19.1 Å². The Morgan fingerprint density at radius 3 is 2.71 bits per heavy atom. The molecule has 1 fully saturated rings. The second-order valence-corrected chi connectivity index (χ2v) is 5.74. The number of rotatable bonds is 8. The van der Waals surface area contributed by atoms with Gasteiger partial charge in [-0.25, -0.2) is 0 Å². The zero-order valence-corrected chi connectivity index (χ0v) is 13.1. The maximum Gasteiger partial charge on any atom is 0.118 e. The van der Waals surface area contributed by atoms with Crippen LogP contribution < -0.4 is 4.74 Å². The molecule has 0 bridgehead atoms. The van der Waals surface area contributed by atoms with Crippen molar-refractivity contribution < 1.29 is 14.6 Å². The summed E-state index contributed by atoms with van der Waals surface area (Å²) in [4.78, 5) is 2.30. The van der Waals surface area contributed by atoms with Gasteiger partial charge in [-0.3, -0.25) is 4.90 Å². The fourth-order valence-corrected chi connectivity index (χ4v) is 2.70. The van der Waals surface area contributed by atoms with E-state index >= 15 is 0 Å². The Morgan fingerprint density at radius 2 is 2.14 bits per heavy atom. The number of hydrogen-bond donors (Lipinski definition) is 1. The summed E-state index contributed by atoms with van der Waals surface area (Å²) in [5.74, 6) is 0.873. The van der Waals surface area contributed by atoms with Crippen molar-refractivity contribution in [3.05, 3.63) is 29.8 Å². The molecule has 1 aromatic carbocycles. The standard InChI is InChI=1S/C17H27NO3/c1-3-15(19)12-18(13-17-5-4-10-21-17)11-14-6-8-16(20-2)9-7-14/h6-9,15,17,19H,3-5,10-13H2,1-2H3. The molecule has 2 rings (SSSR count). The molecule has 118 valence electrons. The van der Waals surface area contributed by atoms with E-state index in [0.717, 1.165) is 44.7 Å². The van der Waals surface area contributed by atoms with E-state index < -0.39 is 0 Å². The van der Waals surface area contributed by atoms with Crippen molar-refractivity contribution in [3.63, 3.8) is 0 Å². The first-order valence-corrected chi connectivity index (χ1v) is 7.86. The minimum absolute atomic E-state index is 0.273. The minimum atomic E-state index is -0.273. The number of ether oxygens (including phenoxy) is 2. The highest BCUT2D eigenvalue weighted by molar-refractivity contribution is 5.27. The first-order chi connectivity index (χ1) is 10.2. The van der Waals surface area contributed by atoms with Gasteiger partial charge in [-0.15, -0.1) is 0 Å². The van der Waals surface area contributed by atoms with E-state index in [9.17, 15) is 5.11 Å². The lowest BCUT2D eigenvalue weighted by atomic mass is 10.1. The third-order valence-electron chi connectivity index (χ3n) is 3.99. The normalized spacial score (nSPS) is 19.9. The van der Waals surface area contributed by atoms with Gasteiger partial charge in [0.1, 0.15) is 5.75 Å². The predicted octanol–water partition coefficient (Wildman–Crippen LogP) is 2.45. The summed E-state index contributed by atoms with van der Waals surface area (Å²) >= 11 is 0. The van der Waals surface area contributed by atoms with Crippen LogP contribution in [0.3, 0.4) is 0 Å². The fourth-order valence-electron chi connectivity index (χ4n) is 2.70. The molecule has 0 aliphatic carbocycles. The van der Waals surface area contributed by atoms with E-state index in [1.54, 1.807) is 7.11 Å². The molecule has 0 radical (unpaired) electrons. The SMILES string of the molecule is CCC(O)CN(Cc1ccc(OC)cc1)CC1CCCO1. The molecule has 0 amide bonds. The topological polar surface area (TPSA) is 41.9 Å². The molecule has 1 aliphatic heterocycles. The predicted molar refractivity (Wildman–Crippen MR) is 83.5 cm³/mol. The number of hydrogen-bond acceptors (Lipinski definition) is 4. The van der Waals surface area contributed by atoms with Gasteiger partial charge in [0.25, 0.3) is 0 Å². The largest absolute Gasteiger partial charge is 0.497 e. The molecule has 2 atom stereocenters. The average molecular weight is 293 g/mol. The quantitative estimate of drug-likeness (QED) is 0.799. The summed E-state index contributed by atoms with van der Waals surface area (Å²) in [6, 6.07) is 8.13. The number of benzene rings is 1. The van der Waals surface area contributed by atoms with Crippen molar-refractivity contribution in [3.8, 4) is 5.75 Å². The van der Waals surface area contributed by atoms with Crippen molar-refractivity contribution in [2.24, 2.45) is 0 Å². The Labute approximate surface area is 127 Å². The lowest BCUT2D eigenvalue weighted by Crippen LogP contribution is -2.37. The molecule has 0 spiro atoms. The second kappa shape index (κ2) is 8.37. The fraction of sp³-hybridized carbons (Fsp3) is 0.647. The minimum Gasteiger partial charge on any atom is -0.497 e. The summed E-state index contributed by atoms with van der Waals surface area (Å²) < 4.78 is 10.9. The molecule has 4 nitrogen and oxygen atoms in total. The van der Waals surface area contributed by atoms with Crippen molar-refractivity contribution in [2.75, 3.05) is 26.8 Å². The summed E-state index contributed by atoms with van der Waals surface area (Å²) in [6.45, 7) is 5.31. The Balaban J connectivity index is 1.95. The van der Waals surface area contributed by atoms with Crippen LogP contribution in [0.5, 0.6) is 5.75 Å². The van der Waals surface area contributed by atoms with Gasteiger partial charge in [0.05, 0.1) is 19.3 Å². The molecule has 1 heterocycles. The summed E-state index contributed by atoms with van der Waals surface area (Å²) in [7, 11) is 1.68. The van der Waals surface area contributed by atoms with Crippen LogP contribution in [0.1, 0.15) is 31.7 Å². The van der Waals surface area contributed by atoms with Gasteiger partial charge in [0.15, 0.2) is 0 Å². The van der Waals surface area contributed by atoms with Gasteiger partial charge in [0.2, 0.25) is 0 Å². The van der Waals surface area contributed by atoms with E-state index in [4.69, 9.17) is 9.47 Å². The van der Waals surface area contributed by atoms with Crippen LogP contribution in [0.4, 0.5) is 0 Å². The maximum atomic E-state index is 9.96. The summed E-state index contributed by atoms with van der Waals surface area (Å²) in [5, 5.41) is 9.96. The van der Waals surface area contributed by atoms with Gasteiger partial charge in [0, 0.05) is 26.2 Å². The third-order valence-corrected chi connectivity index (χ3v) is 3.99. The monoisotopic (exact) mass is 293 g/mol. The lowest BCUT2D eigenvalue weighted by Gasteiger charge is -2.27. The van der Waals surface area contributed by atoms with E-state index in [1.165, 1.54) is 5.56 Å². The Morgan fingerprint density at radius 1 is 1.38 bits per heavy atom. The number of aliphatic hydroxyl groups is 1. The Hall–Kier alpha value is -1.10. The Kier molecular flexibility index (Phi) is 6.49. The third kappa shape index (κ3) is 5.30. The highest BCUT2D eigenvalue weighted by Gasteiger charge is 2.20. The van der Waals surface area contributed by atoms with Gasteiger partial charge in [-0.2, -0.15) is 0 Å². The van der Waals surface area contributed by atoms with Crippen LogP contribution >= 0.6 is 0 Å². The second-order valence-electron chi connectivity index (χ2n) is 5.74. The van der Waals surface area contributed by atoms with Gasteiger partial charge < -0.3 is 14.6 Å². The smallest absolute Gasteiger partial charge is 0.118 e. The molecule has 21 heavy (non-hydrogen) atoms. The van der Waals surface area contributed by atoms with Gasteiger partial charge in [-0.05, 0) is 37.0 Å². The molecular weight excluding hydrogens is 266 g/mol. The molecular formula is C17H27NO3. The Bertz CT molecular complexity index is 401. The number of nitrogens with zero attached hydrogens (tertiary/aromatic N) is 1. The summed E-state index contributed by atoms with van der Waals surface area (Å²) in [5.41, 5.74) is 1.23. The van der Waals surface area contributed by atoms with Crippen LogP contribution in [0, 0.1) is 0 Å². The van der Waals surface area contributed by atoms with Crippen molar-refractivity contribution in [1.82, 2.24) is 4.90 Å². The maximum absolute atomic E-state index is 9.96. The molecule has 1 aliphatic rings. The van der Waals surface area contributed by atoms with Crippen LogP contribution in [0.15, 0.2) is 24.3 Å². The van der Waals surface area contributed by atoms with E-state index in [-0.39, 0.29) is 6.10 Å². The highest BCUT2D eigenvalue weighted by atomic mass is 16.5. The molecule has 2 unspecified atom stereocenters. The first kappa shape index (κ1) is 16.3. The van der Waals surface area contributed by atoms with Gasteiger partial charge in [-0.1, -0.05) is 19.1 Å². The van der Waals surface area contributed by atoms with Crippen LogP contribution in [-0.2, 0) is 11.3 Å². The van der Waals surface area contributed by atoms with E-state index in [0.29, 0.717) is 12.6 Å². The van der Waals surface area contributed by atoms with Crippen LogP contribution in [-0.4, -0.2) is 49.0 Å². The highest BCUT2D eigenvalue weighted by Crippen LogP contribution is 2.17. The molecule has 1 saturated heterocycles. The van der Waals surface area contributed by atoms with Crippen molar-refractivity contribution in [1.29, 1.82) is 0 Å². The molecule has 0 saturated carbocycles. The summed E-state index contributed by atoms with van der Waals surface area (Å²) in [6.07, 6.45) is 3.10. The zero-order valence-electron chi connectivity index (χ0n) is 13.1. The molecule has 4 heteroatoms. The molecule has 0 aromatic heterocycles. The van der Waals surface area contributed by atoms with Crippen LogP contribution in [0.25, 0.3) is 0 Å². The number of aliphatic hydroxyl groups excluding tert-OH is 1. The first-order valence-electron chi connectivity index (χ1n) is 7.86.